The van der Waals surface area contributed by atoms with E-state index in [0.29, 0.717) is 5.56 Å². The van der Waals surface area contributed by atoms with Crippen molar-refractivity contribution in [3.05, 3.63) is 71.8 Å². The molecule has 0 radical (unpaired) electrons. The molecule has 0 saturated carbocycles. The predicted molar refractivity (Wildman–Crippen MR) is 66.7 cm³/mol. The molecule has 0 spiro atoms. The molecule has 0 aromatic heterocycles. The summed E-state index contributed by atoms with van der Waals surface area (Å²) < 4.78 is 0. The topological polar surface area (TPSA) is 80.6 Å². The van der Waals surface area contributed by atoms with Crippen LogP contribution in [-0.4, -0.2) is 16.2 Å². The standard InChI is InChI=1S/C15H14O4/c16-13(11-7-3-1-4-8-11)15(19,14(17)18)12-9-5-2-6-10-12/h1-10,13,16,19H,(H,17,18)/p-1/t13-,15+/m1/s1. The summed E-state index contributed by atoms with van der Waals surface area (Å²) in [5, 5.41) is 31.9. The van der Waals surface area contributed by atoms with Gasteiger partial charge in [-0.1, -0.05) is 60.7 Å². The Morgan fingerprint density at radius 2 is 1.47 bits per heavy atom. The Morgan fingerprint density at radius 1 is 1.00 bits per heavy atom. The van der Waals surface area contributed by atoms with Gasteiger partial charge in [-0.2, -0.15) is 0 Å². The Hall–Kier alpha value is -2.17. The van der Waals surface area contributed by atoms with Gasteiger partial charge in [0.2, 0.25) is 0 Å². The number of rotatable bonds is 4. The quantitative estimate of drug-likeness (QED) is 0.828. The fourth-order valence-corrected chi connectivity index (χ4v) is 1.96. The van der Waals surface area contributed by atoms with Crippen molar-refractivity contribution in [3.63, 3.8) is 0 Å². The number of carbonyl (C=O) groups is 1. The predicted octanol–water partition coefficient (Wildman–Crippen LogP) is 0.358. The van der Waals surface area contributed by atoms with Gasteiger partial charge in [0.15, 0.2) is 5.60 Å². The van der Waals surface area contributed by atoms with Crippen LogP contribution in [0.1, 0.15) is 17.2 Å². The Labute approximate surface area is 110 Å². The maximum atomic E-state index is 11.3. The van der Waals surface area contributed by atoms with E-state index >= 15 is 0 Å². The van der Waals surface area contributed by atoms with Gasteiger partial charge < -0.3 is 20.1 Å². The normalized spacial score (nSPS) is 15.5. The van der Waals surface area contributed by atoms with Crippen molar-refractivity contribution in [1.82, 2.24) is 0 Å². The van der Waals surface area contributed by atoms with Crippen LogP contribution in [0.15, 0.2) is 60.7 Å². The summed E-state index contributed by atoms with van der Waals surface area (Å²) in [7, 11) is 0. The average Bonchev–Trinajstić information content (AvgIpc) is 2.47. The van der Waals surface area contributed by atoms with Crippen LogP contribution in [0.2, 0.25) is 0 Å². The molecule has 0 aliphatic heterocycles. The van der Waals surface area contributed by atoms with E-state index in [1.165, 1.54) is 12.1 Å². The highest BCUT2D eigenvalue weighted by Gasteiger charge is 2.40. The van der Waals surface area contributed by atoms with Gasteiger partial charge in [0.05, 0.1) is 5.97 Å². The van der Waals surface area contributed by atoms with E-state index in [-0.39, 0.29) is 5.56 Å². The minimum Gasteiger partial charge on any atom is -0.546 e. The third-order valence-electron chi connectivity index (χ3n) is 3.04. The molecule has 0 aliphatic rings. The molecule has 0 heterocycles. The summed E-state index contributed by atoms with van der Waals surface area (Å²) in [6, 6.07) is 15.8. The molecule has 0 amide bonds. The van der Waals surface area contributed by atoms with Crippen molar-refractivity contribution in [1.29, 1.82) is 0 Å². The van der Waals surface area contributed by atoms with Gasteiger partial charge >= 0.3 is 0 Å². The summed E-state index contributed by atoms with van der Waals surface area (Å²) in [5.74, 6) is -1.74. The number of carboxylic acid groups (broad SMARTS) is 1. The van der Waals surface area contributed by atoms with Crippen LogP contribution in [0.5, 0.6) is 0 Å². The minimum absolute atomic E-state index is 0.0753. The molecule has 0 aliphatic carbocycles. The van der Waals surface area contributed by atoms with Crippen LogP contribution in [-0.2, 0) is 10.4 Å². The number of hydrogen-bond donors (Lipinski definition) is 2. The van der Waals surface area contributed by atoms with Gasteiger partial charge in [-0.3, -0.25) is 0 Å². The lowest BCUT2D eigenvalue weighted by atomic mass is 9.84. The molecule has 2 N–H and O–H groups in total. The molecule has 4 heteroatoms. The van der Waals surface area contributed by atoms with Gasteiger partial charge in [0.25, 0.3) is 0 Å². The zero-order valence-electron chi connectivity index (χ0n) is 10.1. The molecule has 0 fully saturated rings. The van der Waals surface area contributed by atoms with E-state index in [2.05, 4.69) is 0 Å². The average molecular weight is 257 g/mol. The molecule has 0 unspecified atom stereocenters. The summed E-state index contributed by atoms with van der Waals surface area (Å²) in [4.78, 5) is 11.3. The number of hydrogen-bond acceptors (Lipinski definition) is 4. The second kappa shape index (κ2) is 5.22. The molecule has 2 atom stereocenters. The smallest absolute Gasteiger partial charge is 0.159 e. The van der Waals surface area contributed by atoms with E-state index < -0.39 is 17.7 Å². The Kier molecular flexibility index (Phi) is 3.64. The highest BCUT2D eigenvalue weighted by Crippen LogP contribution is 2.34. The van der Waals surface area contributed by atoms with E-state index in [0.717, 1.165) is 0 Å². The number of benzene rings is 2. The lowest BCUT2D eigenvalue weighted by Crippen LogP contribution is -2.50. The Balaban J connectivity index is 2.49. The molecule has 2 rings (SSSR count). The molecule has 2 aromatic carbocycles. The highest BCUT2D eigenvalue weighted by molar-refractivity contribution is 5.78. The summed E-state index contributed by atoms with van der Waals surface area (Å²) >= 11 is 0. The number of aliphatic hydroxyl groups excluding tert-OH is 1. The first-order valence-electron chi connectivity index (χ1n) is 5.79. The lowest BCUT2D eigenvalue weighted by molar-refractivity contribution is -0.332. The van der Waals surface area contributed by atoms with Crippen LogP contribution >= 0.6 is 0 Å². The maximum Gasteiger partial charge on any atom is 0.159 e. The number of aliphatic hydroxyl groups is 2. The van der Waals surface area contributed by atoms with Crippen LogP contribution in [0.4, 0.5) is 0 Å². The van der Waals surface area contributed by atoms with E-state index in [1.807, 2.05) is 0 Å². The van der Waals surface area contributed by atoms with Crippen LogP contribution < -0.4 is 5.11 Å². The number of carbonyl (C=O) groups excluding carboxylic acids is 1. The van der Waals surface area contributed by atoms with E-state index in [9.17, 15) is 20.1 Å². The number of carboxylic acids is 1. The first-order chi connectivity index (χ1) is 9.06. The fourth-order valence-electron chi connectivity index (χ4n) is 1.96. The molecule has 98 valence electrons. The van der Waals surface area contributed by atoms with Gasteiger partial charge in [0.1, 0.15) is 6.10 Å². The zero-order valence-corrected chi connectivity index (χ0v) is 10.1. The van der Waals surface area contributed by atoms with Crippen LogP contribution in [0, 0.1) is 0 Å². The molecular formula is C15H13O4-. The molecule has 0 saturated heterocycles. The molecular weight excluding hydrogens is 244 g/mol. The minimum atomic E-state index is -2.48. The van der Waals surface area contributed by atoms with Crippen molar-refractivity contribution in [2.24, 2.45) is 0 Å². The number of aliphatic carboxylic acids is 1. The maximum absolute atomic E-state index is 11.3. The van der Waals surface area contributed by atoms with Crippen LogP contribution in [0.3, 0.4) is 0 Å². The zero-order chi connectivity index (χ0) is 13.9. The van der Waals surface area contributed by atoms with Crippen molar-refractivity contribution in [3.8, 4) is 0 Å². The summed E-state index contributed by atoms with van der Waals surface area (Å²) in [6.45, 7) is 0. The third kappa shape index (κ3) is 2.36. The third-order valence-corrected chi connectivity index (χ3v) is 3.04. The lowest BCUT2D eigenvalue weighted by Gasteiger charge is -2.34. The largest absolute Gasteiger partial charge is 0.546 e. The highest BCUT2D eigenvalue weighted by atomic mass is 16.4. The second-order valence-corrected chi connectivity index (χ2v) is 4.23. The van der Waals surface area contributed by atoms with Gasteiger partial charge in [0, 0.05) is 0 Å². The molecule has 0 bridgehead atoms. The summed E-state index contributed by atoms with van der Waals surface area (Å²) in [6.07, 6.45) is -1.61. The first kappa shape index (κ1) is 13.3. The SMILES string of the molecule is O=C([O-])[C@](O)(c1ccccc1)[C@H](O)c1ccccc1. The van der Waals surface area contributed by atoms with Crippen molar-refractivity contribution in [2.45, 2.75) is 11.7 Å². The van der Waals surface area contributed by atoms with E-state index in [4.69, 9.17) is 0 Å². The van der Waals surface area contributed by atoms with Crippen LogP contribution in [0.25, 0.3) is 0 Å². The Morgan fingerprint density at radius 3 is 1.95 bits per heavy atom. The molecule has 4 nitrogen and oxygen atoms in total. The second-order valence-electron chi connectivity index (χ2n) is 4.23. The molecule has 19 heavy (non-hydrogen) atoms. The van der Waals surface area contributed by atoms with Gasteiger partial charge in [-0.25, -0.2) is 0 Å². The van der Waals surface area contributed by atoms with Crippen molar-refractivity contribution >= 4 is 5.97 Å². The monoisotopic (exact) mass is 257 g/mol. The summed E-state index contributed by atoms with van der Waals surface area (Å²) in [5.41, 5.74) is -2.10. The fraction of sp³-hybridized carbons (Fsp3) is 0.133. The van der Waals surface area contributed by atoms with Crippen molar-refractivity contribution in [2.75, 3.05) is 0 Å². The van der Waals surface area contributed by atoms with Gasteiger partial charge in [-0.05, 0) is 11.1 Å². The molecule has 2 aromatic rings. The van der Waals surface area contributed by atoms with E-state index in [1.54, 1.807) is 48.5 Å². The Bertz CT molecular complexity index is 553. The van der Waals surface area contributed by atoms with Crippen molar-refractivity contribution < 1.29 is 20.1 Å². The van der Waals surface area contributed by atoms with Gasteiger partial charge in [-0.15, -0.1) is 0 Å². The first-order valence-corrected chi connectivity index (χ1v) is 5.79.